The summed E-state index contributed by atoms with van der Waals surface area (Å²) in [5, 5.41) is 0. The zero-order valence-electron chi connectivity index (χ0n) is 6.69. The van der Waals surface area contributed by atoms with E-state index in [2.05, 4.69) is 0 Å². The predicted octanol–water partition coefficient (Wildman–Crippen LogP) is 0.675. The van der Waals surface area contributed by atoms with Crippen LogP contribution in [0.1, 0.15) is 12.8 Å². The van der Waals surface area contributed by atoms with Crippen molar-refractivity contribution in [2.24, 2.45) is 5.73 Å². The summed E-state index contributed by atoms with van der Waals surface area (Å²) in [6, 6.07) is 0. The molecule has 0 radical (unpaired) electrons. The van der Waals surface area contributed by atoms with Gasteiger partial charge in [0.1, 0.15) is 0 Å². The molecule has 1 heterocycles. The lowest BCUT2D eigenvalue weighted by molar-refractivity contribution is 0.0168. The van der Waals surface area contributed by atoms with E-state index in [4.69, 9.17) is 5.73 Å². The van der Waals surface area contributed by atoms with Crippen molar-refractivity contribution in [1.29, 1.82) is 0 Å². The largest absolute Gasteiger partial charge is 0.320 e. The zero-order valence-corrected chi connectivity index (χ0v) is 6.69. The van der Waals surface area contributed by atoms with Crippen LogP contribution in [0.15, 0.2) is 0 Å². The maximum atomic E-state index is 12.3. The number of hydrogen-bond acceptors (Lipinski definition) is 2. The fourth-order valence-corrected chi connectivity index (χ4v) is 1.25. The molecule has 0 aromatic rings. The van der Waals surface area contributed by atoms with Gasteiger partial charge in [-0.25, -0.2) is 8.78 Å². The molecule has 2 N–H and O–H groups in total. The summed E-state index contributed by atoms with van der Waals surface area (Å²) in [6.45, 7) is 1.36. The van der Waals surface area contributed by atoms with Crippen LogP contribution in [0.5, 0.6) is 0 Å². The van der Waals surface area contributed by atoms with Gasteiger partial charge in [-0.3, -0.25) is 0 Å². The van der Waals surface area contributed by atoms with E-state index in [-0.39, 0.29) is 0 Å². The first kappa shape index (κ1) is 8.87. The van der Waals surface area contributed by atoms with Crippen LogP contribution < -0.4 is 5.73 Å². The smallest absolute Gasteiger partial charge is 0.256 e. The molecule has 0 atom stereocenters. The molecular formula is C7H14F2N2. The molecule has 1 aliphatic heterocycles. The van der Waals surface area contributed by atoms with Crippen LogP contribution in [0.25, 0.3) is 0 Å². The van der Waals surface area contributed by atoms with Crippen LogP contribution >= 0.6 is 0 Å². The topological polar surface area (TPSA) is 29.3 Å². The van der Waals surface area contributed by atoms with E-state index >= 15 is 0 Å². The zero-order chi connectivity index (χ0) is 8.48. The Morgan fingerprint density at radius 2 is 1.82 bits per heavy atom. The molecule has 11 heavy (non-hydrogen) atoms. The van der Waals surface area contributed by atoms with Crippen LogP contribution in [0.4, 0.5) is 8.78 Å². The third-order valence-corrected chi connectivity index (χ3v) is 2.35. The summed E-state index contributed by atoms with van der Waals surface area (Å²) in [5.41, 5.74) is 4.27. The van der Waals surface area contributed by atoms with Crippen molar-refractivity contribution in [2.75, 3.05) is 20.1 Å². The molecule has 0 amide bonds. The van der Waals surface area contributed by atoms with Crippen LogP contribution in [-0.2, 0) is 0 Å². The highest BCUT2D eigenvalue weighted by Crippen LogP contribution is 2.25. The molecule has 0 aromatic carbocycles. The Balaban J connectivity index is 2.48. The summed E-state index contributed by atoms with van der Waals surface area (Å²) in [4.78, 5) is 2.02. The van der Waals surface area contributed by atoms with E-state index < -0.39 is 12.0 Å². The lowest BCUT2D eigenvalue weighted by Gasteiger charge is -2.36. The van der Waals surface area contributed by atoms with Gasteiger partial charge in [0.05, 0.1) is 5.54 Å². The Morgan fingerprint density at radius 1 is 1.36 bits per heavy atom. The second-order valence-corrected chi connectivity index (χ2v) is 3.34. The van der Waals surface area contributed by atoms with E-state index in [9.17, 15) is 8.78 Å². The quantitative estimate of drug-likeness (QED) is 0.617. The predicted molar refractivity (Wildman–Crippen MR) is 39.7 cm³/mol. The molecule has 1 rings (SSSR count). The molecule has 0 saturated carbocycles. The van der Waals surface area contributed by atoms with E-state index in [1.54, 1.807) is 0 Å². The highest BCUT2D eigenvalue weighted by atomic mass is 19.3. The number of rotatable bonds is 1. The Labute approximate surface area is 65.4 Å². The Morgan fingerprint density at radius 3 is 2.18 bits per heavy atom. The molecule has 0 aromatic heterocycles. The minimum Gasteiger partial charge on any atom is -0.320 e. The highest BCUT2D eigenvalue weighted by molar-refractivity contribution is 4.91. The highest BCUT2D eigenvalue weighted by Gasteiger charge is 2.37. The lowest BCUT2D eigenvalue weighted by Crippen LogP contribution is -2.54. The van der Waals surface area contributed by atoms with Gasteiger partial charge in [0.25, 0.3) is 6.43 Å². The van der Waals surface area contributed by atoms with Gasteiger partial charge in [0.15, 0.2) is 0 Å². The van der Waals surface area contributed by atoms with Crippen molar-refractivity contribution in [1.82, 2.24) is 4.90 Å². The van der Waals surface area contributed by atoms with Gasteiger partial charge in [0, 0.05) is 0 Å². The molecule has 1 aliphatic rings. The van der Waals surface area contributed by atoms with E-state index in [0.717, 1.165) is 0 Å². The summed E-state index contributed by atoms with van der Waals surface area (Å²) < 4.78 is 24.6. The molecule has 1 fully saturated rings. The number of piperidine rings is 1. The van der Waals surface area contributed by atoms with E-state index in [0.29, 0.717) is 25.9 Å². The number of likely N-dealkylation sites (tertiary alicyclic amines) is 1. The van der Waals surface area contributed by atoms with Gasteiger partial charge in [-0.15, -0.1) is 0 Å². The number of hydrogen-bond donors (Lipinski definition) is 1. The molecule has 0 spiro atoms. The molecule has 0 unspecified atom stereocenters. The minimum atomic E-state index is -2.38. The van der Waals surface area contributed by atoms with Crippen molar-refractivity contribution in [3.8, 4) is 0 Å². The van der Waals surface area contributed by atoms with Crippen molar-refractivity contribution in [3.05, 3.63) is 0 Å². The molecule has 2 nitrogen and oxygen atoms in total. The normalized spacial score (nSPS) is 25.9. The summed E-state index contributed by atoms with van der Waals surface area (Å²) in [7, 11) is 1.92. The SMILES string of the molecule is CN1CCC(N)(C(F)F)CC1. The third-order valence-electron chi connectivity index (χ3n) is 2.35. The van der Waals surface area contributed by atoms with Crippen molar-refractivity contribution in [3.63, 3.8) is 0 Å². The first-order valence-corrected chi connectivity index (χ1v) is 3.80. The maximum Gasteiger partial charge on any atom is 0.256 e. The molecular weight excluding hydrogens is 150 g/mol. The number of nitrogens with zero attached hydrogens (tertiary/aromatic N) is 1. The van der Waals surface area contributed by atoms with Gasteiger partial charge in [0.2, 0.25) is 0 Å². The van der Waals surface area contributed by atoms with E-state index in [1.165, 1.54) is 0 Å². The van der Waals surface area contributed by atoms with Crippen molar-refractivity contribution in [2.45, 2.75) is 24.8 Å². The van der Waals surface area contributed by atoms with Crippen LogP contribution in [0, 0.1) is 0 Å². The minimum absolute atomic E-state index is 0.404. The molecule has 4 heteroatoms. The second kappa shape index (κ2) is 3.03. The Hall–Kier alpha value is -0.220. The van der Waals surface area contributed by atoms with Gasteiger partial charge >= 0.3 is 0 Å². The first-order valence-electron chi connectivity index (χ1n) is 3.80. The van der Waals surface area contributed by atoms with Gasteiger partial charge < -0.3 is 10.6 Å². The number of halogens is 2. The standard InChI is InChI=1S/C7H14F2N2/c1-11-4-2-7(10,3-5-11)6(8)9/h6H,2-5,10H2,1H3. The van der Waals surface area contributed by atoms with Gasteiger partial charge in [-0.05, 0) is 33.0 Å². The van der Waals surface area contributed by atoms with Crippen LogP contribution in [-0.4, -0.2) is 37.0 Å². The fraction of sp³-hybridized carbons (Fsp3) is 1.00. The van der Waals surface area contributed by atoms with Crippen LogP contribution in [0.2, 0.25) is 0 Å². The fourth-order valence-electron chi connectivity index (χ4n) is 1.25. The average molecular weight is 164 g/mol. The number of alkyl halides is 2. The molecule has 66 valence electrons. The second-order valence-electron chi connectivity index (χ2n) is 3.34. The maximum absolute atomic E-state index is 12.3. The molecule has 1 saturated heterocycles. The van der Waals surface area contributed by atoms with Crippen molar-refractivity contribution < 1.29 is 8.78 Å². The van der Waals surface area contributed by atoms with Crippen LogP contribution in [0.3, 0.4) is 0 Å². The van der Waals surface area contributed by atoms with E-state index in [1.807, 2.05) is 11.9 Å². The Kier molecular flexibility index (Phi) is 2.44. The molecule has 0 bridgehead atoms. The lowest BCUT2D eigenvalue weighted by atomic mass is 9.89. The monoisotopic (exact) mass is 164 g/mol. The van der Waals surface area contributed by atoms with Gasteiger partial charge in [-0.2, -0.15) is 0 Å². The third kappa shape index (κ3) is 1.87. The molecule has 0 aliphatic carbocycles. The number of nitrogens with two attached hydrogens (primary N) is 1. The van der Waals surface area contributed by atoms with Crippen molar-refractivity contribution >= 4 is 0 Å². The first-order chi connectivity index (χ1) is 5.04. The summed E-state index contributed by atoms with van der Waals surface area (Å²) >= 11 is 0. The summed E-state index contributed by atoms with van der Waals surface area (Å²) in [5.74, 6) is 0. The summed E-state index contributed by atoms with van der Waals surface area (Å²) in [6.07, 6.45) is -1.57. The average Bonchev–Trinajstić information content (AvgIpc) is 1.95. The Bertz CT molecular complexity index is 130. The van der Waals surface area contributed by atoms with Gasteiger partial charge in [-0.1, -0.05) is 0 Å².